The lowest BCUT2D eigenvalue weighted by atomic mass is 9.76. The SMILES string of the molecule is CCCNCC1=C(c2ccc(Cl)cc2)SNC12CCCCC2. The third kappa shape index (κ3) is 3.38. The summed E-state index contributed by atoms with van der Waals surface area (Å²) in [5, 5.41) is 4.43. The second kappa shape index (κ2) is 7.39. The molecular weight excluding hydrogens is 312 g/mol. The van der Waals surface area contributed by atoms with Crippen LogP contribution < -0.4 is 10.0 Å². The Hall–Kier alpha value is -0.480. The average molecular weight is 337 g/mol. The number of benzene rings is 1. The Morgan fingerprint density at radius 1 is 1.18 bits per heavy atom. The summed E-state index contributed by atoms with van der Waals surface area (Å²) in [5.41, 5.74) is 3.06. The van der Waals surface area contributed by atoms with Crippen molar-refractivity contribution in [1.29, 1.82) is 0 Å². The van der Waals surface area contributed by atoms with Crippen molar-refractivity contribution in [2.24, 2.45) is 0 Å². The number of rotatable bonds is 5. The molecule has 1 saturated carbocycles. The molecule has 4 heteroatoms. The molecular formula is C18H25ClN2S. The predicted molar refractivity (Wildman–Crippen MR) is 98.1 cm³/mol. The standard InChI is InChI=1S/C18H25ClN2S/c1-2-12-20-13-16-17(14-6-8-15(19)9-7-14)22-21-18(16)10-4-3-5-11-18/h6-9,20-21H,2-5,10-13H2,1H3. The fraction of sp³-hybridized carbons (Fsp3) is 0.556. The van der Waals surface area contributed by atoms with Crippen LogP contribution >= 0.6 is 23.5 Å². The number of hydrogen-bond acceptors (Lipinski definition) is 3. The van der Waals surface area contributed by atoms with Gasteiger partial charge in [0.05, 0.1) is 5.54 Å². The van der Waals surface area contributed by atoms with E-state index in [0.717, 1.165) is 18.1 Å². The van der Waals surface area contributed by atoms with Crippen LogP contribution in [0.25, 0.3) is 4.91 Å². The summed E-state index contributed by atoms with van der Waals surface area (Å²) in [6, 6.07) is 8.28. The molecule has 1 aliphatic carbocycles. The van der Waals surface area contributed by atoms with Crippen molar-refractivity contribution < 1.29 is 0 Å². The Morgan fingerprint density at radius 2 is 1.91 bits per heavy atom. The van der Waals surface area contributed by atoms with Crippen LogP contribution in [0.4, 0.5) is 0 Å². The van der Waals surface area contributed by atoms with Gasteiger partial charge in [-0.05, 0) is 61.0 Å². The minimum Gasteiger partial charge on any atom is -0.313 e. The lowest BCUT2D eigenvalue weighted by molar-refractivity contribution is 0.320. The Labute approximate surface area is 143 Å². The third-order valence-electron chi connectivity index (χ3n) is 4.74. The van der Waals surface area contributed by atoms with Crippen LogP contribution in [-0.2, 0) is 0 Å². The van der Waals surface area contributed by atoms with Crippen LogP contribution in [0.5, 0.6) is 0 Å². The summed E-state index contributed by atoms with van der Waals surface area (Å²) in [4.78, 5) is 1.40. The number of hydrogen-bond donors (Lipinski definition) is 2. The Kier molecular flexibility index (Phi) is 5.50. The van der Waals surface area contributed by atoms with Gasteiger partial charge in [-0.2, -0.15) is 0 Å². The smallest absolute Gasteiger partial charge is 0.0521 e. The summed E-state index contributed by atoms with van der Waals surface area (Å²) < 4.78 is 3.78. The largest absolute Gasteiger partial charge is 0.313 e. The second-order valence-corrected chi connectivity index (χ2v) is 7.59. The van der Waals surface area contributed by atoms with Gasteiger partial charge in [0, 0.05) is 16.5 Å². The molecule has 1 aromatic carbocycles. The molecule has 0 amide bonds. The van der Waals surface area contributed by atoms with E-state index in [9.17, 15) is 0 Å². The molecule has 2 N–H and O–H groups in total. The summed E-state index contributed by atoms with van der Waals surface area (Å²) in [5.74, 6) is 0. The molecule has 1 heterocycles. The highest BCUT2D eigenvalue weighted by Crippen LogP contribution is 2.48. The van der Waals surface area contributed by atoms with E-state index >= 15 is 0 Å². The van der Waals surface area contributed by atoms with Gasteiger partial charge in [0.25, 0.3) is 0 Å². The molecule has 0 saturated heterocycles. The van der Waals surface area contributed by atoms with E-state index in [4.69, 9.17) is 11.6 Å². The predicted octanol–water partition coefficient (Wildman–Crippen LogP) is 5.01. The molecule has 2 aliphatic rings. The maximum absolute atomic E-state index is 6.05. The molecule has 2 nitrogen and oxygen atoms in total. The van der Waals surface area contributed by atoms with Gasteiger partial charge in [-0.25, -0.2) is 4.72 Å². The summed E-state index contributed by atoms with van der Waals surface area (Å²) >= 11 is 7.87. The first-order valence-electron chi connectivity index (χ1n) is 8.39. The van der Waals surface area contributed by atoms with Crippen molar-refractivity contribution >= 4 is 28.5 Å². The topological polar surface area (TPSA) is 24.1 Å². The minimum atomic E-state index is 0.207. The zero-order chi connectivity index (χ0) is 15.4. The van der Waals surface area contributed by atoms with Gasteiger partial charge in [0.1, 0.15) is 0 Å². The first kappa shape index (κ1) is 16.4. The van der Waals surface area contributed by atoms with Crippen molar-refractivity contribution in [3.63, 3.8) is 0 Å². The normalized spacial score (nSPS) is 20.8. The highest BCUT2D eigenvalue weighted by Gasteiger charge is 2.41. The van der Waals surface area contributed by atoms with Gasteiger partial charge in [0.2, 0.25) is 0 Å². The summed E-state index contributed by atoms with van der Waals surface area (Å²) in [6.07, 6.45) is 7.75. The molecule has 1 aromatic rings. The fourth-order valence-electron chi connectivity index (χ4n) is 3.52. The van der Waals surface area contributed by atoms with E-state index in [2.05, 4.69) is 29.1 Å². The quantitative estimate of drug-likeness (QED) is 0.584. The van der Waals surface area contributed by atoms with E-state index in [-0.39, 0.29) is 5.54 Å². The monoisotopic (exact) mass is 336 g/mol. The molecule has 0 radical (unpaired) electrons. The molecule has 0 bridgehead atoms. The van der Waals surface area contributed by atoms with Gasteiger partial charge in [-0.15, -0.1) is 0 Å². The lowest BCUT2D eigenvalue weighted by Gasteiger charge is -2.36. The minimum absolute atomic E-state index is 0.207. The van der Waals surface area contributed by atoms with Crippen LogP contribution in [0.2, 0.25) is 5.02 Å². The van der Waals surface area contributed by atoms with Gasteiger partial charge >= 0.3 is 0 Å². The maximum Gasteiger partial charge on any atom is 0.0521 e. The molecule has 1 fully saturated rings. The van der Waals surface area contributed by atoms with Gasteiger partial charge in [-0.1, -0.05) is 49.9 Å². The zero-order valence-corrected chi connectivity index (χ0v) is 14.8. The van der Waals surface area contributed by atoms with Crippen LogP contribution in [0, 0.1) is 0 Å². The molecule has 1 aliphatic heterocycles. The highest BCUT2D eigenvalue weighted by atomic mass is 35.5. The van der Waals surface area contributed by atoms with Crippen LogP contribution in [-0.4, -0.2) is 18.6 Å². The van der Waals surface area contributed by atoms with Crippen LogP contribution in [0.15, 0.2) is 29.8 Å². The van der Waals surface area contributed by atoms with Gasteiger partial charge in [-0.3, -0.25) is 0 Å². The Balaban J connectivity index is 1.91. The van der Waals surface area contributed by atoms with Crippen molar-refractivity contribution in [3.05, 3.63) is 40.4 Å². The van der Waals surface area contributed by atoms with E-state index in [0.29, 0.717) is 0 Å². The lowest BCUT2D eigenvalue weighted by Crippen LogP contribution is -2.44. The Bertz CT molecular complexity index is 533. The van der Waals surface area contributed by atoms with Gasteiger partial charge in [0.15, 0.2) is 0 Å². The highest BCUT2D eigenvalue weighted by molar-refractivity contribution is 8.07. The second-order valence-electron chi connectivity index (χ2n) is 6.34. The van der Waals surface area contributed by atoms with Crippen molar-refractivity contribution in [2.45, 2.75) is 51.0 Å². The van der Waals surface area contributed by atoms with Gasteiger partial charge < -0.3 is 5.32 Å². The number of halogens is 1. The molecule has 0 aromatic heterocycles. The van der Waals surface area contributed by atoms with Crippen LogP contribution in [0.3, 0.4) is 0 Å². The Morgan fingerprint density at radius 3 is 2.59 bits per heavy atom. The molecule has 0 atom stereocenters. The van der Waals surface area contributed by atoms with E-state index in [1.807, 2.05) is 24.1 Å². The first-order chi connectivity index (χ1) is 10.7. The van der Waals surface area contributed by atoms with Crippen molar-refractivity contribution in [3.8, 4) is 0 Å². The average Bonchev–Trinajstić information content (AvgIpc) is 2.88. The van der Waals surface area contributed by atoms with E-state index in [1.165, 1.54) is 49.0 Å². The van der Waals surface area contributed by atoms with Crippen molar-refractivity contribution in [2.75, 3.05) is 13.1 Å². The fourth-order valence-corrected chi connectivity index (χ4v) is 4.92. The van der Waals surface area contributed by atoms with Crippen LogP contribution in [0.1, 0.15) is 51.0 Å². The number of nitrogens with one attached hydrogen (secondary N) is 2. The summed E-state index contributed by atoms with van der Waals surface area (Å²) in [7, 11) is 0. The maximum atomic E-state index is 6.05. The summed E-state index contributed by atoms with van der Waals surface area (Å²) in [6.45, 7) is 4.30. The molecule has 0 unspecified atom stereocenters. The molecule has 1 spiro atoms. The van der Waals surface area contributed by atoms with E-state index < -0.39 is 0 Å². The molecule has 120 valence electrons. The third-order valence-corrected chi connectivity index (χ3v) is 6.17. The molecule has 22 heavy (non-hydrogen) atoms. The van der Waals surface area contributed by atoms with Crippen molar-refractivity contribution in [1.82, 2.24) is 10.0 Å². The zero-order valence-electron chi connectivity index (χ0n) is 13.3. The first-order valence-corrected chi connectivity index (χ1v) is 9.59. The van der Waals surface area contributed by atoms with E-state index in [1.54, 1.807) is 5.57 Å². The molecule has 3 rings (SSSR count).